The lowest BCUT2D eigenvalue weighted by Gasteiger charge is -2.22. The molecule has 0 bridgehead atoms. The first-order valence-electron chi connectivity index (χ1n) is 10.3. The Bertz CT molecular complexity index is 1050. The third-order valence-electron chi connectivity index (χ3n) is 5.41. The number of hydrogen-bond donors (Lipinski definition) is 4. The second kappa shape index (κ2) is 9.70. The molecular formula is C23H26N4O6. The lowest BCUT2D eigenvalue weighted by Crippen LogP contribution is -2.56. The number of amidine groups is 1. The quantitative estimate of drug-likeness (QED) is 0.239. The molecule has 1 aliphatic rings. The maximum Gasteiger partial charge on any atom is 0.414 e. The van der Waals surface area contributed by atoms with E-state index in [2.05, 4.69) is 0 Å². The first-order chi connectivity index (χ1) is 15.6. The summed E-state index contributed by atoms with van der Waals surface area (Å²) in [5.41, 5.74) is 11.1. The molecule has 6 N–H and O–H groups in total. The van der Waals surface area contributed by atoms with Crippen LogP contribution in [0.1, 0.15) is 24.5 Å². The van der Waals surface area contributed by atoms with Gasteiger partial charge in [-0.15, -0.1) is 0 Å². The second-order valence-electron chi connectivity index (χ2n) is 7.76. The summed E-state index contributed by atoms with van der Waals surface area (Å²) in [6.45, 7) is 1.99. The predicted octanol–water partition coefficient (Wildman–Crippen LogP) is 1.68. The minimum atomic E-state index is -1.97. The number of hydrogen-bond acceptors (Lipinski definition) is 7. The summed E-state index contributed by atoms with van der Waals surface area (Å²) in [5.74, 6) is -1.46. The Hall–Kier alpha value is -3.92. The van der Waals surface area contributed by atoms with Crippen LogP contribution in [0.15, 0.2) is 48.5 Å². The van der Waals surface area contributed by atoms with Gasteiger partial charge in [0.15, 0.2) is 17.4 Å². The van der Waals surface area contributed by atoms with Gasteiger partial charge < -0.3 is 26.0 Å². The highest BCUT2D eigenvalue weighted by molar-refractivity contribution is 6.07. The molecule has 0 radical (unpaired) electrons. The first-order valence-corrected chi connectivity index (χ1v) is 10.3. The molecule has 2 aromatic carbocycles. The average Bonchev–Trinajstić information content (AvgIpc) is 3.18. The number of nitrogens with two attached hydrogens (primary N) is 2. The molecule has 174 valence electrons. The van der Waals surface area contributed by atoms with Gasteiger partial charge in [0.25, 0.3) is 0 Å². The Morgan fingerprint density at radius 1 is 1.21 bits per heavy atom. The van der Waals surface area contributed by atoms with Gasteiger partial charge in [0.05, 0.1) is 6.54 Å². The average molecular weight is 454 g/mol. The van der Waals surface area contributed by atoms with Crippen LogP contribution in [-0.4, -0.2) is 53.6 Å². The van der Waals surface area contributed by atoms with Gasteiger partial charge in [-0.25, -0.2) is 9.59 Å². The molecule has 0 spiro atoms. The number of carboxylic acids is 1. The minimum absolute atomic E-state index is 0.0298. The van der Waals surface area contributed by atoms with Crippen LogP contribution >= 0.6 is 0 Å². The van der Waals surface area contributed by atoms with Crippen LogP contribution < -0.4 is 21.1 Å². The van der Waals surface area contributed by atoms with Crippen LogP contribution in [0.2, 0.25) is 0 Å². The zero-order valence-electron chi connectivity index (χ0n) is 18.1. The Morgan fingerprint density at radius 2 is 1.85 bits per heavy atom. The van der Waals surface area contributed by atoms with Gasteiger partial charge in [-0.3, -0.25) is 15.1 Å². The van der Waals surface area contributed by atoms with Crippen molar-refractivity contribution in [2.75, 3.05) is 18.1 Å². The molecule has 1 fully saturated rings. The SMILES string of the molecule is CCC(=O)C(N)(Cc1ccc(OCC2CN(c3ccc(C(=N)N)cc3)C(=O)O2)cc1)C(=O)O. The predicted molar refractivity (Wildman–Crippen MR) is 121 cm³/mol. The number of nitrogens with zero attached hydrogens (tertiary/aromatic N) is 1. The number of benzene rings is 2. The Labute approximate surface area is 190 Å². The molecule has 2 aromatic rings. The number of ketones is 1. The van der Waals surface area contributed by atoms with Gasteiger partial charge >= 0.3 is 12.1 Å². The van der Waals surface area contributed by atoms with Crippen molar-refractivity contribution in [3.63, 3.8) is 0 Å². The molecule has 10 nitrogen and oxygen atoms in total. The molecule has 1 aliphatic heterocycles. The van der Waals surface area contributed by atoms with Gasteiger partial charge in [-0.2, -0.15) is 0 Å². The molecule has 0 aliphatic carbocycles. The number of Topliss-reactive ketones (excluding diaryl/α,β-unsaturated/α-hetero) is 1. The minimum Gasteiger partial charge on any atom is -0.490 e. The maximum absolute atomic E-state index is 12.2. The molecular weight excluding hydrogens is 428 g/mol. The van der Waals surface area contributed by atoms with Crippen LogP contribution in [0.3, 0.4) is 0 Å². The van der Waals surface area contributed by atoms with E-state index in [9.17, 15) is 19.5 Å². The normalized spacial score (nSPS) is 17.2. The summed E-state index contributed by atoms with van der Waals surface area (Å²) in [6.07, 6.45) is -1.09. The smallest absolute Gasteiger partial charge is 0.414 e. The van der Waals surface area contributed by atoms with Crippen molar-refractivity contribution in [1.82, 2.24) is 0 Å². The van der Waals surface area contributed by atoms with Gasteiger partial charge in [-0.05, 0) is 42.0 Å². The van der Waals surface area contributed by atoms with E-state index in [1.807, 2.05) is 0 Å². The third-order valence-corrected chi connectivity index (χ3v) is 5.41. The zero-order chi connectivity index (χ0) is 24.2. The van der Waals surface area contributed by atoms with Crippen molar-refractivity contribution in [1.29, 1.82) is 5.41 Å². The van der Waals surface area contributed by atoms with Gasteiger partial charge in [0.2, 0.25) is 0 Å². The lowest BCUT2D eigenvalue weighted by molar-refractivity contribution is -0.148. The van der Waals surface area contributed by atoms with E-state index in [0.717, 1.165) is 0 Å². The number of ether oxygens (including phenoxy) is 2. The fraction of sp³-hybridized carbons (Fsp3) is 0.304. The summed E-state index contributed by atoms with van der Waals surface area (Å²) < 4.78 is 11.1. The van der Waals surface area contributed by atoms with Crippen molar-refractivity contribution in [3.05, 3.63) is 59.7 Å². The van der Waals surface area contributed by atoms with Crippen molar-refractivity contribution >= 4 is 29.4 Å². The molecule has 2 unspecified atom stereocenters. The number of anilines is 1. The highest BCUT2D eigenvalue weighted by Crippen LogP contribution is 2.23. The number of carbonyl (C=O) groups is 3. The monoisotopic (exact) mass is 454 g/mol. The van der Waals surface area contributed by atoms with E-state index in [1.165, 1.54) is 4.90 Å². The standard InChI is InChI=1S/C23H26N4O6/c1-2-19(28)23(26,21(29)30)11-14-3-9-17(10-4-14)32-13-18-12-27(22(31)33-18)16-7-5-15(6-8-16)20(24)25/h3-10,18H,2,11-13,26H2,1H3,(H3,24,25)(H,29,30). The summed E-state index contributed by atoms with van der Waals surface area (Å²) in [6, 6.07) is 13.3. The number of nitrogens with one attached hydrogen (secondary N) is 1. The molecule has 0 aromatic heterocycles. The van der Waals surface area contributed by atoms with Crippen molar-refractivity contribution in [2.45, 2.75) is 31.4 Å². The van der Waals surface area contributed by atoms with Crippen LogP contribution in [0.4, 0.5) is 10.5 Å². The molecule has 2 atom stereocenters. The first kappa shape index (κ1) is 23.7. The zero-order valence-corrected chi connectivity index (χ0v) is 18.1. The molecule has 33 heavy (non-hydrogen) atoms. The molecule has 0 saturated carbocycles. The Kier molecular flexibility index (Phi) is 6.98. The van der Waals surface area contributed by atoms with E-state index in [-0.39, 0.29) is 25.3 Å². The topological polar surface area (TPSA) is 169 Å². The van der Waals surface area contributed by atoms with E-state index >= 15 is 0 Å². The number of cyclic esters (lactones) is 1. The van der Waals surface area contributed by atoms with Crippen LogP contribution in [0.5, 0.6) is 5.75 Å². The largest absolute Gasteiger partial charge is 0.490 e. The van der Waals surface area contributed by atoms with E-state index in [1.54, 1.807) is 55.5 Å². The summed E-state index contributed by atoms with van der Waals surface area (Å²) in [5, 5.41) is 16.8. The summed E-state index contributed by atoms with van der Waals surface area (Å²) in [4.78, 5) is 37.2. The molecule has 1 amide bonds. The van der Waals surface area contributed by atoms with E-state index < -0.39 is 29.5 Å². The number of rotatable bonds is 10. The fourth-order valence-electron chi connectivity index (χ4n) is 3.46. The Balaban J connectivity index is 1.57. The van der Waals surface area contributed by atoms with Crippen LogP contribution in [-0.2, 0) is 20.7 Å². The van der Waals surface area contributed by atoms with Crippen molar-refractivity contribution in [2.24, 2.45) is 11.5 Å². The third kappa shape index (κ3) is 5.29. The Morgan fingerprint density at radius 3 is 2.39 bits per heavy atom. The number of amides is 1. The second-order valence-corrected chi connectivity index (χ2v) is 7.76. The molecule has 10 heteroatoms. The number of carbonyl (C=O) groups excluding carboxylic acids is 2. The maximum atomic E-state index is 12.2. The van der Waals surface area contributed by atoms with Gasteiger partial charge in [0.1, 0.15) is 18.2 Å². The number of aliphatic carboxylic acids is 1. The fourth-order valence-corrected chi connectivity index (χ4v) is 3.46. The van der Waals surface area contributed by atoms with Crippen LogP contribution in [0, 0.1) is 5.41 Å². The molecule has 1 heterocycles. The molecule has 3 rings (SSSR count). The van der Waals surface area contributed by atoms with Crippen molar-refractivity contribution < 1.29 is 29.0 Å². The van der Waals surface area contributed by atoms with E-state index in [4.69, 9.17) is 26.4 Å². The van der Waals surface area contributed by atoms with E-state index in [0.29, 0.717) is 29.1 Å². The summed E-state index contributed by atoms with van der Waals surface area (Å²) >= 11 is 0. The number of carboxylic acid groups (broad SMARTS) is 1. The lowest BCUT2D eigenvalue weighted by atomic mass is 9.86. The van der Waals surface area contributed by atoms with Crippen LogP contribution in [0.25, 0.3) is 0 Å². The highest BCUT2D eigenvalue weighted by Gasteiger charge is 2.40. The summed E-state index contributed by atoms with van der Waals surface area (Å²) in [7, 11) is 0. The highest BCUT2D eigenvalue weighted by atomic mass is 16.6. The number of nitrogen functional groups attached to an aromatic ring is 1. The van der Waals surface area contributed by atoms with Gasteiger partial charge in [0, 0.05) is 24.1 Å². The molecule has 1 saturated heterocycles. The van der Waals surface area contributed by atoms with Gasteiger partial charge in [-0.1, -0.05) is 19.1 Å². The van der Waals surface area contributed by atoms with Crippen molar-refractivity contribution in [3.8, 4) is 5.75 Å².